The van der Waals surface area contributed by atoms with E-state index in [0.29, 0.717) is 6.71 Å². The Balaban J connectivity index is 2.49. The standard InChI is InChI=1S/C26H33BS2.6CH3.2Sn/c1-24(2,3)18-16-19(25(4,5)6)23(20(17-18)26(7,8)9)27(21-12-10-14-28-21)22-13-11-15-29-22;;;;;;;;/h10-13,16-17H,1-9H3;6*1H3;;. The van der Waals surface area contributed by atoms with Crippen molar-refractivity contribution in [1.82, 2.24) is 0 Å². The van der Waals surface area contributed by atoms with Gasteiger partial charge in [-0.3, -0.25) is 0 Å². The van der Waals surface area contributed by atoms with Crippen molar-refractivity contribution in [2.45, 2.75) is 108 Å². The normalized spacial score (nSPS) is 13.8. The van der Waals surface area contributed by atoms with Gasteiger partial charge in [0.2, 0.25) is 0 Å². The first-order valence-electron chi connectivity index (χ1n) is 13.9. The molecule has 0 radical (unpaired) electrons. The van der Waals surface area contributed by atoms with Crippen molar-refractivity contribution in [3.63, 3.8) is 0 Å². The monoisotopic (exact) mass is 750 g/mol. The van der Waals surface area contributed by atoms with Crippen molar-refractivity contribution < 1.29 is 0 Å². The van der Waals surface area contributed by atoms with Crippen LogP contribution in [0.4, 0.5) is 0 Å². The second-order valence-electron chi connectivity index (χ2n) is 16.1. The van der Waals surface area contributed by atoms with E-state index in [1.54, 1.807) is 20.8 Å². The molecule has 3 aromatic rings. The summed E-state index contributed by atoms with van der Waals surface area (Å²) in [6.07, 6.45) is 0. The molecular formula is C32H51BS2Sn2. The second kappa shape index (κ2) is 10.6. The van der Waals surface area contributed by atoms with Crippen molar-refractivity contribution in [3.8, 4) is 0 Å². The number of rotatable bonds is 5. The molecule has 0 atom stereocenters. The van der Waals surface area contributed by atoms with Gasteiger partial charge in [-0.25, -0.2) is 0 Å². The molecule has 0 spiro atoms. The minimum atomic E-state index is -2.18. The molecule has 0 saturated heterocycles. The average molecular weight is 748 g/mol. The summed E-state index contributed by atoms with van der Waals surface area (Å²) in [5, 5.41) is 0. The van der Waals surface area contributed by atoms with Crippen molar-refractivity contribution >= 4 is 86.9 Å². The molecule has 0 bridgehead atoms. The van der Waals surface area contributed by atoms with Gasteiger partial charge in [0, 0.05) is 0 Å². The van der Waals surface area contributed by atoms with Crippen molar-refractivity contribution in [2.75, 3.05) is 0 Å². The van der Waals surface area contributed by atoms with Gasteiger partial charge in [0.05, 0.1) is 0 Å². The summed E-state index contributed by atoms with van der Waals surface area (Å²) in [5.41, 5.74) is 6.31. The van der Waals surface area contributed by atoms with Crippen LogP contribution in [0.2, 0.25) is 29.6 Å². The molecule has 5 heteroatoms. The van der Waals surface area contributed by atoms with Crippen LogP contribution >= 0.6 is 22.7 Å². The van der Waals surface area contributed by atoms with E-state index < -0.39 is 36.8 Å². The van der Waals surface area contributed by atoms with Gasteiger partial charge in [0.25, 0.3) is 0 Å². The van der Waals surface area contributed by atoms with Gasteiger partial charge in [0.15, 0.2) is 0 Å². The van der Waals surface area contributed by atoms with Crippen LogP contribution in [-0.2, 0) is 16.2 Å². The molecule has 0 aliphatic rings. The van der Waals surface area contributed by atoms with E-state index in [9.17, 15) is 0 Å². The van der Waals surface area contributed by atoms with Gasteiger partial charge in [-0.05, 0) is 0 Å². The van der Waals surface area contributed by atoms with E-state index >= 15 is 0 Å². The molecule has 2 heterocycles. The first-order chi connectivity index (χ1) is 16.5. The summed E-state index contributed by atoms with van der Waals surface area (Å²) in [5.74, 6) is 0. The number of thiophene rings is 2. The molecule has 37 heavy (non-hydrogen) atoms. The fourth-order valence-electron chi connectivity index (χ4n) is 4.89. The Morgan fingerprint density at radius 1 is 0.541 bits per heavy atom. The third kappa shape index (κ3) is 7.33. The zero-order chi connectivity index (χ0) is 28.4. The van der Waals surface area contributed by atoms with Crippen LogP contribution in [0.5, 0.6) is 0 Å². The first kappa shape index (κ1) is 31.8. The molecule has 0 aliphatic carbocycles. The second-order valence-corrected chi connectivity index (χ2v) is 49.1. The van der Waals surface area contributed by atoms with E-state index in [1.165, 1.54) is 16.7 Å². The van der Waals surface area contributed by atoms with E-state index in [-0.39, 0.29) is 16.2 Å². The maximum atomic E-state index is 2.56. The summed E-state index contributed by atoms with van der Waals surface area (Å²) in [7, 11) is 0. The number of benzene rings is 1. The molecule has 0 fully saturated rings. The van der Waals surface area contributed by atoms with Gasteiger partial charge in [-0.15, -0.1) is 0 Å². The molecular weight excluding hydrogens is 697 g/mol. The molecule has 0 amide bonds. The minimum absolute atomic E-state index is 0.0571. The maximum absolute atomic E-state index is 2.56. The summed E-state index contributed by atoms with van der Waals surface area (Å²) >= 11 is -0.117. The molecule has 202 valence electrons. The van der Waals surface area contributed by atoms with Crippen molar-refractivity contribution in [2.24, 2.45) is 0 Å². The first-order valence-corrected chi connectivity index (χ1v) is 35.5. The molecule has 0 N–H and O–H groups in total. The molecule has 3 rings (SSSR count). The summed E-state index contributed by atoms with van der Waals surface area (Å²) < 4.78 is 6.45. The van der Waals surface area contributed by atoms with Crippen LogP contribution < -0.4 is 20.8 Å². The molecule has 1 aromatic carbocycles. The predicted octanol–water partition coefficient (Wildman–Crippen LogP) is 7.31. The Hall–Kier alpha value is 0.282. The van der Waals surface area contributed by atoms with E-state index in [0.717, 1.165) is 0 Å². The Labute approximate surface area is 245 Å². The fraction of sp³-hybridized carbons (Fsp3) is 0.562. The van der Waals surface area contributed by atoms with Crippen LogP contribution in [0.1, 0.15) is 79.0 Å². The number of hydrogen-bond donors (Lipinski definition) is 0. The topological polar surface area (TPSA) is 0 Å². The van der Waals surface area contributed by atoms with Crippen LogP contribution in [0.3, 0.4) is 0 Å². The van der Waals surface area contributed by atoms with Crippen LogP contribution in [-0.4, -0.2) is 43.5 Å². The Morgan fingerprint density at radius 2 is 0.892 bits per heavy atom. The SMILES string of the molecule is CC(C)(C)c1cc(C(C)(C)C)c(B(c2cc[c]([Sn]([CH3])([CH3])[CH3])s2)c2cc[c]([Sn]([CH3])([CH3])[CH3])s2)c(C(C)(C)C)c1. The zero-order valence-corrected chi connectivity index (χ0v) is 33.7. The van der Waals surface area contributed by atoms with Gasteiger partial charge in [0.1, 0.15) is 0 Å². The third-order valence-electron chi connectivity index (χ3n) is 7.25. The summed E-state index contributed by atoms with van der Waals surface area (Å²) in [4.78, 5) is 15.3. The van der Waals surface area contributed by atoms with Gasteiger partial charge >= 0.3 is 248 Å². The van der Waals surface area contributed by atoms with E-state index in [1.807, 2.05) is 0 Å². The average Bonchev–Trinajstić information content (AvgIpc) is 3.35. The number of hydrogen-bond acceptors (Lipinski definition) is 2. The molecule has 2 aromatic heterocycles. The van der Waals surface area contributed by atoms with Gasteiger partial charge in [-0.1, -0.05) is 0 Å². The zero-order valence-electron chi connectivity index (χ0n) is 26.4. The molecule has 0 aliphatic heterocycles. The summed E-state index contributed by atoms with van der Waals surface area (Å²) in [6.45, 7) is 21.9. The van der Waals surface area contributed by atoms with Crippen LogP contribution in [0, 0.1) is 0 Å². The van der Waals surface area contributed by atoms with Crippen LogP contribution in [0.25, 0.3) is 0 Å². The quantitative estimate of drug-likeness (QED) is 0.241. The molecule has 0 saturated carbocycles. The van der Waals surface area contributed by atoms with Crippen LogP contribution in [0.15, 0.2) is 36.4 Å². The van der Waals surface area contributed by atoms with Crippen molar-refractivity contribution in [1.29, 1.82) is 0 Å². The Kier molecular flexibility index (Phi) is 9.11. The Bertz CT molecular complexity index is 1160. The Morgan fingerprint density at radius 3 is 1.14 bits per heavy atom. The fourth-order valence-corrected chi connectivity index (χ4v) is 17.9. The van der Waals surface area contributed by atoms with Gasteiger partial charge < -0.3 is 0 Å². The van der Waals surface area contributed by atoms with E-state index in [2.05, 4.69) is 151 Å². The molecule has 0 nitrogen and oxygen atoms in total. The molecule has 0 unspecified atom stereocenters. The predicted molar refractivity (Wildman–Crippen MR) is 182 cm³/mol. The van der Waals surface area contributed by atoms with Crippen molar-refractivity contribution in [3.05, 3.63) is 53.1 Å². The van der Waals surface area contributed by atoms with E-state index in [4.69, 9.17) is 0 Å². The third-order valence-corrected chi connectivity index (χ3v) is 28.5. The summed E-state index contributed by atoms with van der Waals surface area (Å²) in [6, 6.07) is 15.1. The van der Waals surface area contributed by atoms with Gasteiger partial charge in [-0.2, -0.15) is 0 Å².